The molecule has 3 aromatic heterocycles. The number of ether oxygens (including phenoxy) is 1. The molecule has 0 atom stereocenters. The molecule has 25 heavy (non-hydrogen) atoms. The van der Waals surface area contributed by atoms with Gasteiger partial charge in [0.2, 0.25) is 5.88 Å². The molecule has 0 aromatic carbocycles. The maximum absolute atomic E-state index is 12.6. The first kappa shape index (κ1) is 15.4. The first-order chi connectivity index (χ1) is 12.3. The number of piperidine rings is 1. The molecule has 4 rings (SSSR count). The summed E-state index contributed by atoms with van der Waals surface area (Å²) in [4.78, 5) is 22.5. The third-order valence-corrected chi connectivity index (χ3v) is 4.14. The van der Waals surface area contributed by atoms with Gasteiger partial charge >= 0.3 is 0 Å². The number of H-pyrrole nitrogens is 1. The number of likely N-dealkylation sites (tertiary alicyclic amines) is 1. The third kappa shape index (κ3) is 3.37. The zero-order chi connectivity index (χ0) is 17.1. The smallest absolute Gasteiger partial charge is 0.274 e. The molecule has 8 heteroatoms. The monoisotopic (exact) mass is 339 g/mol. The lowest BCUT2D eigenvalue weighted by Crippen LogP contribution is -2.42. The largest absolute Gasteiger partial charge is 0.473 e. The van der Waals surface area contributed by atoms with E-state index in [0.29, 0.717) is 36.1 Å². The molecule has 1 saturated heterocycles. The molecule has 128 valence electrons. The highest BCUT2D eigenvalue weighted by Gasteiger charge is 2.26. The summed E-state index contributed by atoms with van der Waals surface area (Å²) in [6.45, 7) is 1.24. The van der Waals surface area contributed by atoms with Crippen LogP contribution >= 0.6 is 0 Å². The summed E-state index contributed by atoms with van der Waals surface area (Å²) in [6, 6.07) is 5.32. The van der Waals surface area contributed by atoms with E-state index in [1.165, 1.54) is 0 Å². The fourth-order valence-corrected chi connectivity index (χ4v) is 2.85. The van der Waals surface area contributed by atoms with Crippen molar-refractivity contribution in [1.82, 2.24) is 25.1 Å². The Morgan fingerprint density at radius 3 is 2.92 bits per heavy atom. The van der Waals surface area contributed by atoms with Gasteiger partial charge in [-0.1, -0.05) is 0 Å². The summed E-state index contributed by atoms with van der Waals surface area (Å²) < 4.78 is 11.1. The maximum Gasteiger partial charge on any atom is 0.274 e. The van der Waals surface area contributed by atoms with Crippen molar-refractivity contribution in [3.8, 4) is 17.3 Å². The lowest BCUT2D eigenvalue weighted by atomic mass is 10.1. The van der Waals surface area contributed by atoms with Crippen molar-refractivity contribution in [3.05, 3.63) is 48.7 Å². The van der Waals surface area contributed by atoms with Gasteiger partial charge in [-0.05, 0) is 12.1 Å². The number of amides is 1. The number of nitrogens with one attached hydrogen (secondary N) is 1. The Balaban J connectivity index is 1.35. The van der Waals surface area contributed by atoms with E-state index in [4.69, 9.17) is 9.15 Å². The average Bonchev–Trinajstić information content (AvgIpc) is 3.34. The number of carbonyl (C=O) groups excluding carboxylic acids is 1. The molecule has 0 aliphatic carbocycles. The second-order valence-electron chi connectivity index (χ2n) is 5.80. The molecule has 1 fully saturated rings. The van der Waals surface area contributed by atoms with Crippen LogP contribution in [0.3, 0.4) is 0 Å². The molecular formula is C17H17N5O3. The van der Waals surface area contributed by atoms with Gasteiger partial charge in [-0.15, -0.1) is 0 Å². The zero-order valence-electron chi connectivity index (χ0n) is 13.5. The molecule has 1 amide bonds. The minimum absolute atomic E-state index is 0.0404. The Hall–Kier alpha value is -3.16. The minimum Gasteiger partial charge on any atom is -0.473 e. The van der Waals surface area contributed by atoms with Crippen LogP contribution in [0, 0.1) is 0 Å². The highest BCUT2D eigenvalue weighted by molar-refractivity contribution is 5.93. The molecule has 0 saturated carbocycles. The van der Waals surface area contributed by atoms with E-state index < -0.39 is 0 Å². The predicted octanol–water partition coefficient (Wildman–Crippen LogP) is 2.14. The maximum atomic E-state index is 12.6. The van der Waals surface area contributed by atoms with Crippen molar-refractivity contribution in [2.45, 2.75) is 18.9 Å². The SMILES string of the molecule is O=C(c1cc(-c2ccco2)[nH]n1)N1CCC(Oc2cnccn2)CC1. The number of carbonyl (C=O) groups is 1. The van der Waals surface area contributed by atoms with Crippen LogP contribution in [0.25, 0.3) is 11.5 Å². The topological polar surface area (TPSA) is 97.1 Å². The number of aromatic amines is 1. The summed E-state index contributed by atoms with van der Waals surface area (Å²) in [5.74, 6) is 1.08. The highest BCUT2D eigenvalue weighted by Crippen LogP contribution is 2.21. The summed E-state index contributed by atoms with van der Waals surface area (Å²) in [6.07, 6.45) is 7.92. The predicted molar refractivity (Wildman–Crippen MR) is 87.9 cm³/mol. The van der Waals surface area contributed by atoms with E-state index in [-0.39, 0.29) is 12.0 Å². The number of nitrogens with zero attached hydrogens (tertiary/aromatic N) is 4. The van der Waals surface area contributed by atoms with Crippen LogP contribution < -0.4 is 4.74 Å². The Bertz CT molecular complexity index is 823. The van der Waals surface area contributed by atoms with Gasteiger partial charge < -0.3 is 14.1 Å². The number of furan rings is 1. The van der Waals surface area contributed by atoms with Crippen LogP contribution in [0.15, 0.2) is 47.5 Å². The van der Waals surface area contributed by atoms with E-state index in [1.807, 2.05) is 6.07 Å². The minimum atomic E-state index is -0.0907. The van der Waals surface area contributed by atoms with Crippen molar-refractivity contribution in [2.24, 2.45) is 0 Å². The summed E-state index contributed by atoms with van der Waals surface area (Å²) in [7, 11) is 0. The molecule has 0 unspecified atom stereocenters. The van der Waals surface area contributed by atoms with Gasteiger partial charge in [-0.2, -0.15) is 5.10 Å². The van der Waals surface area contributed by atoms with E-state index in [1.54, 1.807) is 41.9 Å². The Kier molecular flexibility index (Phi) is 4.16. The fourth-order valence-electron chi connectivity index (χ4n) is 2.85. The molecule has 0 radical (unpaired) electrons. The summed E-state index contributed by atoms with van der Waals surface area (Å²) in [5, 5.41) is 6.95. The molecule has 1 aliphatic heterocycles. The lowest BCUT2D eigenvalue weighted by molar-refractivity contribution is 0.0582. The van der Waals surface area contributed by atoms with Crippen LogP contribution in [-0.2, 0) is 0 Å². The van der Waals surface area contributed by atoms with Gasteiger partial charge in [-0.3, -0.25) is 14.9 Å². The molecule has 8 nitrogen and oxygen atoms in total. The normalized spacial score (nSPS) is 15.3. The zero-order valence-corrected chi connectivity index (χ0v) is 13.5. The van der Waals surface area contributed by atoms with Gasteiger partial charge in [0, 0.05) is 44.4 Å². The Morgan fingerprint density at radius 1 is 1.32 bits per heavy atom. The van der Waals surface area contributed by atoms with Crippen molar-refractivity contribution >= 4 is 5.91 Å². The van der Waals surface area contributed by atoms with Crippen molar-refractivity contribution < 1.29 is 13.9 Å². The van der Waals surface area contributed by atoms with Gasteiger partial charge in [-0.25, -0.2) is 4.98 Å². The Labute approximate surface area is 143 Å². The second kappa shape index (κ2) is 6.76. The molecule has 0 bridgehead atoms. The summed E-state index contributed by atoms with van der Waals surface area (Å²) >= 11 is 0. The molecule has 0 spiro atoms. The number of rotatable bonds is 4. The van der Waals surface area contributed by atoms with Crippen LogP contribution in [0.1, 0.15) is 23.3 Å². The van der Waals surface area contributed by atoms with E-state index in [0.717, 1.165) is 12.8 Å². The Morgan fingerprint density at radius 2 is 2.20 bits per heavy atom. The quantitative estimate of drug-likeness (QED) is 0.782. The number of hydrogen-bond donors (Lipinski definition) is 1. The van der Waals surface area contributed by atoms with Crippen molar-refractivity contribution in [1.29, 1.82) is 0 Å². The molecular weight excluding hydrogens is 322 g/mol. The van der Waals surface area contributed by atoms with Gasteiger partial charge in [0.15, 0.2) is 11.5 Å². The second-order valence-corrected chi connectivity index (χ2v) is 5.80. The molecule has 1 aliphatic rings. The van der Waals surface area contributed by atoms with Crippen LogP contribution in [0.4, 0.5) is 0 Å². The van der Waals surface area contributed by atoms with E-state index >= 15 is 0 Å². The fraction of sp³-hybridized carbons (Fsp3) is 0.294. The highest BCUT2D eigenvalue weighted by atomic mass is 16.5. The number of hydrogen-bond acceptors (Lipinski definition) is 6. The van der Waals surface area contributed by atoms with Crippen molar-refractivity contribution in [3.63, 3.8) is 0 Å². The first-order valence-corrected chi connectivity index (χ1v) is 8.11. The molecule has 1 N–H and O–H groups in total. The standard InChI is InChI=1S/C17H17N5O3/c23-17(14-10-13(20-21-14)15-2-1-9-24-15)22-7-3-12(4-8-22)25-16-11-18-5-6-19-16/h1-2,5-6,9-12H,3-4,7-8H2,(H,20,21). The van der Waals surface area contributed by atoms with E-state index in [9.17, 15) is 4.79 Å². The molecule has 3 aromatic rings. The number of aromatic nitrogens is 4. The van der Waals surface area contributed by atoms with Crippen molar-refractivity contribution in [2.75, 3.05) is 13.1 Å². The van der Waals surface area contributed by atoms with Crippen LogP contribution in [0.5, 0.6) is 5.88 Å². The van der Waals surface area contributed by atoms with Crippen LogP contribution in [0.2, 0.25) is 0 Å². The summed E-state index contributed by atoms with van der Waals surface area (Å²) in [5.41, 5.74) is 1.08. The van der Waals surface area contributed by atoms with Gasteiger partial charge in [0.05, 0.1) is 12.5 Å². The van der Waals surface area contributed by atoms with E-state index in [2.05, 4.69) is 20.2 Å². The van der Waals surface area contributed by atoms with Crippen LogP contribution in [-0.4, -0.2) is 50.2 Å². The van der Waals surface area contributed by atoms with Gasteiger partial charge in [0.1, 0.15) is 11.8 Å². The third-order valence-electron chi connectivity index (χ3n) is 4.14. The first-order valence-electron chi connectivity index (χ1n) is 8.11. The average molecular weight is 339 g/mol. The van der Waals surface area contributed by atoms with Gasteiger partial charge in [0.25, 0.3) is 5.91 Å². The molecule has 4 heterocycles. The lowest BCUT2D eigenvalue weighted by Gasteiger charge is -2.31.